The largest absolute Gasteiger partial charge is 0.463 e. The average Bonchev–Trinajstić information content (AvgIpc) is 3.04. The van der Waals surface area contributed by atoms with Crippen molar-refractivity contribution >= 4 is 0 Å². The van der Waals surface area contributed by atoms with E-state index >= 15 is 0 Å². The van der Waals surface area contributed by atoms with Crippen LogP contribution in [0.1, 0.15) is 52.1 Å². The highest BCUT2D eigenvalue weighted by atomic mass is 16.3. The lowest BCUT2D eigenvalue weighted by Crippen LogP contribution is -2.32. The zero-order valence-electron chi connectivity index (χ0n) is 12.8. The lowest BCUT2D eigenvalue weighted by molar-refractivity contribution is 0.186. The third kappa shape index (κ3) is 5.00. The third-order valence-corrected chi connectivity index (χ3v) is 3.68. The molecule has 2 rings (SSSR count). The summed E-state index contributed by atoms with van der Waals surface area (Å²) in [6.45, 7) is 11.8. The molecular formula is C16H28N2O. The number of nitrogens with one attached hydrogen (secondary N) is 1. The molecule has 0 aromatic carbocycles. The van der Waals surface area contributed by atoms with Crippen LogP contribution in [0.15, 0.2) is 16.5 Å². The number of furan rings is 1. The van der Waals surface area contributed by atoms with Crippen molar-refractivity contribution in [3.8, 4) is 0 Å². The lowest BCUT2D eigenvalue weighted by atomic mass is 10.2. The first-order chi connectivity index (χ1) is 9.04. The molecule has 0 aliphatic heterocycles. The van der Waals surface area contributed by atoms with Gasteiger partial charge in [-0.25, -0.2) is 0 Å². The Kier molecular flexibility index (Phi) is 5.06. The predicted octanol–water partition coefficient (Wildman–Crippen LogP) is 3.40. The van der Waals surface area contributed by atoms with E-state index in [2.05, 4.69) is 50.0 Å². The summed E-state index contributed by atoms with van der Waals surface area (Å²) < 4.78 is 5.91. The summed E-state index contributed by atoms with van der Waals surface area (Å²) in [6, 6.07) is 5.30. The Morgan fingerprint density at radius 3 is 2.47 bits per heavy atom. The zero-order chi connectivity index (χ0) is 13.8. The van der Waals surface area contributed by atoms with Crippen molar-refractivity contribution in [1.82, 2.24) is 10.2 Å². The maximum Gasteiger partial charge on any atom is 0.118 e. The Morgan fingerprint density at radius 2 is 1.89 bits per heavy atom. The van der Waals surface area contributed by atoms with Crippen molar-refractivity contribution in [3.63, 3.8) is 0 Å². The highest BCUT2D eigenvalue weighted by molar-refractivity contribution is 5.07. The van der Waals surface area contributed by atoms with E-state index in [-0.39, 0.29) is 0 Å². The summed E-state index contributed by atoms with van der Waals surface area (Å²) >= 11 is 0. The Balaban J connectivity index is 1.85. The normalized spacial score (nSPS) is 15.9. The van der Waals surface area contributed by atoms with Crippen LogP contribution in [0.5, 0.6) is 0 Å². The second kappa shape index (κ2) is 6.58. The van der Waals surface area contributed by atoms with Crippen LogP contribution in [0.2, 0.25) is 0 Å². The summed E-state index contributed by atoms with van der Waals surface area (Å²) in [4.78, 5) is 2.52. The first-order valence-electron chi connectivity index (χ1n) is 7.59. The monoisotopic (exact) mass is 264 g/mol. The van der Waals surface area contributed by atoms with Gasteiger partial charge in [0.15, 0.2) is 0 Å². The summed E-state index contributed by atoms with van der Waals surface area (Å²) in [5.41, 5.74) is 0. The second-order valence-electron chi connectivity index (χ2n) is 6.37. The molecule has 0 amide bonds. The van der Waals surface area contributed by atoms with Crippen LogP contribution in [-0.2, 0) is 13.1 Å². The van der Waals surface area contributed by atoms with E-state index in [4.69, 9.17) is 4.42 Å². The van der Waals surface area contributed by atoms with Crippen molar-refractivity contribution in [1.29, 1.82) is 0 Å². The van der Waals surface area contributed by atoms with Gasteiger partial charge in [-0.2, -0.15) is 0 Å². The molecule has 1 aromatic rings. The predicted molar refractivity (Wildman–Crippen MR) is 79.0 cm³/mol. The maximum absolute atomic E-state index is 5.91. The molecule has 19 heavy (non-hydrogen) atoms. The zero-order valence-corrected chi connectivity index (χ0v) is 12.8. The summed E-state index contributed by atoms with van der Waals surface area (Å²) in [7, 11) is 0. The fourth-order valence-electron chi connectivity index (χ4n) is 2.20. The van der Waals surface area contributed by atoms with E-state index in [0.29, 0.717) is 12.1 Å². The fraction of sp³-hybridized carbons (Fsp3) is 0.750. The molecule has 3 heteroatoms. The van der Waals surface area contributed by atoms with Gasteiger partial charge in [-0.3, -0.25) is 4.90 Å². The Labute approximate surface area is 117 Å². The van der Waals surface area contributed by atoms with Crippen LogP contribution in [-0.4, -0.2) is 23.5 Å². The molecule has 3 nitrogen and oxygen atoms in total. The molecule has 0 atom stereocenters. The van der Waals surface area contributed by atoms with Crippen LogP contribution in [0, 0.1) is 5.92 Å². The number of hydrogen-bond acceptors (Lipinski definition) is 3. The Morgan fingerprint density at radius 1 is 1.21 bits per heavy atom. The van der Waals surface area contributed by atoms with E-state index in [1.165, 1.54) is 19.4 Å². The van der Waals surface area contributed by atoms with Crippen LogP contribution >= 0.6 is 0 Å². The van der Waals surface area contributed by atoms with Gasteiger partial charge in [0.2, 0.25) is 0 Å². The summed E-state index contributed by atoms with van der Waals surface area (Å²) in [5, 5.41) is 3.39. The third-order valence-electron chi connectivity index (χ3n) is 3.68. The first kappa shape index (κ1) is 14.6. The van der Waals surface area contributed by atoms with E-state index in [9.17, 15) is 0 Å². The van der Waals surface area contributed by atoms with Gasteiger partial charge in [0, 0.05) is 18.6 Å². The lowest BCUT2D eigenvalue weighted by Gasteiger charge is -2.25. The molecule has 1 fully saturated rings. The van der Waals surface area contributed by atoms with E-state index < -0.39 is 0 Å². The Bertz CT molecular complexity index is 380. The summed E-state index contributed by atoms with van der Waals surface area (Å²) in [6.07, 6.45) is 2.82. The highest BCUT2D eigenvalue weighted by Gasteiger charge is 2.25. The number of nitrogens with zero attached hydrogens (tertiary/aromatic N) is 1. The van der Waals surface area contributed by atoms with E-state index in [1.807, 2.05) is 0 Å². The molecule has 0 radical (unpaired) electrons. The molecule has 1 aliphatic carbocycles. The van der Waals surface area contributed by atoms with Crippen LogP contribution < -0.4 is 5.32 Å². The SMILES string of the molecule is CC(C)NCc1ccc(CN(CC2CC2)C(C)C)o1. The molecule has 1 heterocycles. The smallest absolute Gasteiger partial charge is 0.118 e. The fourth-order valence-corrected chi connectivity index (χ4v) is 2.20. The van der Waals surface area contributed by atoms with E-state index in [0.717, 1.165) is 30.5 Å². The minimum atomic E-state index is 0.496. The van der Waals surface area contributed by atoms with E-state index in [1.54, 1.807) is 0 Å². The topological polar surface area (TPSA) is 28.4 Å². The molecule has 0 saturated heterocycles. The molecular weight excluding hydrogens is 236 g/mol. The summed E-state index contributed by atoms with van der Waals surface area (Å²) in [5.74, 6) is 3.06. The number of hydrogen-bond donors (Lipinski definition) is 1. The molecule has 108 valence electrons. The molecule has 1 saturated carbocycles. The molecule has 1 N–H and O–H groups in total. The molecule has 0 unspecified atom stereocenters. The van der Waals surface area contributed by atoms with Gasteiger partial charge in [-0.05, 0) is 44.7 Å². The van der Waals surface area contributed by atoms with Gasteiger partial charge in [0.25, 0.3) is 0 Å². The van der Waals surface area contributed by atoms with Crippen LogP contribution in [0.4, 0.5) is 0 Å². The van der Waals surface area contributed by atoms with Crippen LogP contribution in [0.3, 0.4) is 0 Å². The molecule has 0 spiro atoms. The first-order valence-corrected chi connectivity index (χ1v) is 7.59. The highest BCUT2D eigenvalue weighted by Crippen LogP contribution is 2.30. The van der Waals surface area contributed by atoms with Gasteiger partial charge < -0.3 is 9.73 Å². The average molecular weight is 264 g/mol. The van der Waals surface area contributed by atoms with Gasteiger partial charge in [0.1, 0.15) is 11.5 Å². The minimum Gasteiger partial charge on any atom is -0.463 e. The molecule has 1 aliphatic rings. The van der Waals surface area contributed by atoms with Crippen molar-refractivity contribution < 1.29 is 4.42 Å². The minimum absolute atomic E-state index is 0.496. The number of rotatable bonds is 8. The quantitative estimate of drug-likeness (QED) is 0.780. The van der Waals surface area contributed by atoms with Crippen molar-refractivity contribution in [3.05, 3.63) is 23.7 Å². The van der Waals surface area contributed by atoms with Gasteiger partial charge in [-0.1, -0.05) is 13.8 Å². The van der Waals surface area contributed by atoms with Gasteiger partial charge in [0.05, 0.1) is 13.1 Å². The van der Waals surface area contributed by atoms with Crippen molar-refractivity contribution in [2.45, 2.75) is 65.7 Å². The van der Waals surface area contributed by atoms with Crippen molar-refractivity contribution in [2.24, 2.45) is 5.92 Å². The van der Waals surface area contributed by atoms with Gasteiger partial charge in [-0.15, -0.1) is 0 Å². The molecule has 1 aromatic heterocycles. The standard InChI is InChI=1S/C16H28N2O/c1-12(2)17-9-15-7-8-16(19-15)11-18(13(3)4)10-14-5-6-14/h7-8,12-14,17H,5-6,9-11H2,1-4H3. The molecule has 0 bridgehead atoms. The Hall–Kier alpha value is -0.800. The second-order valence-corrected chi connectivity index (χ2v) is 6.37. The van der Waals surface area contributed by atoms with Crippen molar-refractivity contribution in [2.75, 3.05) is 6.54 Å². The van der Waals surface area contributed by atoms with Crippen LogP contribution in [0.25, 0.3) is 0 Å². The van der Waals surface area contributed by atoms with Gasteiger partial charge >= 0.3 is 0 Å². The maximum atomic E-state index is 5.91.